The molecule has 1 atom stereocenters. The molecule has 1 heterocycles. The molecule has 2 rings (SSSR count). The third-order valence-electron chi connectivity index (χ3n) is 4.05. The van der Waals surface area contributed by atoms with E-state index in [0.717, 1.165) is 12.0 Å². The van der Waals surface area contributed by atoms with Crippen LogP contribution in [0.1, 0.15) is 38.5 Å². The maximum absolute atomic E-state index is 3.68. The van der Waals surface area contributed by atoms with E-state index in [9.17, 15) is 0 Å². The second kappa shape index (κ2) is 7.65. The van der Waals surface area contributed by atoms with Crippen LogP contribution in [0, 0.1) is 5.92 Å². The Labute approximate surface area is 111 Å². The molecule has 0 radical (unpaired) electrons. The molecule has 0 aromatic carbocycles. The van der Waals surface area contributed by atoms with Gasteiger partial charge in [0.25, 0.3) is 0 Å². The minimum atomic E-state index is 0.820. The lowest BCUT2D eigenvalue weighted by molar-refractivity contribution is 0.185. The van der Waals surface area contributed by atoms with Gasteiger partial charge >= 0.3 is 0 Å². The number of rotatable bonds is 8. The first-order valence-electron chi connectivity index (χ1n) is 7.35. The van der Waals surface area contributed by atoms with Crippen molar-refractivity contribution in [2.45, 2.75) is 44.6 Å². The predicted molar refractivity (Wildman–Crippen MR) is 77.8 cm³/mol. The average molecular weight is 256 g/mol. The quantitative estimate of drug-likeness (QED) is 0.672. The van der Waals surface area contributed by atoms with Gasteiger partial charge < -0.3 is 10.2 Å². The number of thioether (sulfide) groups is 1. The van der Waals surface area contributed by atoms with Crippen LogP contribution in [0.15, 0.2) is 0 Å². The molecule has 100 valence electrons. The van der Waals surface area contributed by atoms with Crippen molar-refractivity contribution in [1.82, 2.24) is 10.2 Å². The summed E-state index contributed by atoms with van der Waals surface area (Å²) in [4.78, 5) is 2.69. The van der Waals surface area contributed by atoms with Gasteiger partial charge in [0.2, 0.25) is 0 Å². The number of hydrogen-bond donors (Lipinski definition) is 1. The molecule has 0 aromatic rings. The molecular weight excluding hydrogens is 228 g/mol. The molecule has 3 heteroatoms. The van der Waals surface area contributed by atoms with Gasteiger partial charge in [-0.15, -0.1) is 0 Å². The molecule has 2 fully saturated rings. The van der Waals surface area contributed by atoms with Crippen LogP contribution >= 0.6 is 11.8 Å². The Bertz CT molecular complexity index is 206. The van der Waals surface area contributed by atoms with E-state index in [1.54, 1.807) is 0 Å². The van der Waals surface area contributed by atoms with Gasteiger partial charge in [-0.3, -0.25) is 0 Å². The normalized spacial score (nSPS) is 26.3. The zero-order valence-electron chi connectivity index (χ0n) is 11.3. The summed E-state index contributed by atoms with van der Waals surface area (Å²) >= 11 is 1.98. The van der Waals surface area contributed by atoms with Crippen molar-refractivity contribution in [3.05, 3.63) is 0 Å². The standard InChI is InChI=1S/C14H28N2S/c1-17-11-5-3-2-4-9-16-10-8-15-14(12-16)13-6-7-13/h13-15H,2-12H2,1H3. The van der Waals surface area contributed by atoms with Gasteiger partial charge in [0, 0.05) is 25.7 Å². The van der Waals surface area contributed by atoms with Crippen LogP contribution in [0.5, 0.6) is 0 Å². The van der Waals surface area contributed by atoms with E-state index < -0.39 is 0 Å². The Morgan fingerprint density at radius 1 is 1.18 bits per heavy atom. The SMILES string of the molecule is CSCCCCCCN1CCNC(C2CC2)C1. The highest BCUT2D eigenvalue weighted by atomic mass is 32.2. The molecule has 2 nitrogen and oxygen atoms in total. The summed E-state index contributed by atoms with van der Waals surface area (Å²) in [6, 6.07) is 0.820. The highest BCUT2D eigenvalue weighted by molar-refractivity contribution is 7.98. The first-order chi connectivity index (χ1) is 8.40. The van der Waals surface area contributed by atoms with Crippen LogP contribution in [0.4, 0.5) is 0 Å². The van der Waals surface area contributed by atoms with E-state index in [1.807, 2.05) is 11.8 Å². The largest absolute Gasteiger partial charge is 0.311 e. The molecule has 0 spiro atoms. The fraction of sp³-hybridized carbons (Fsp3) is 1.00. The number of piperazine rings is 1. The van der Waals surface area contributed by atoms with Crippen LogP contribution in [0.25, 0.3) is 0 Å². The van der Waals surface area contributed by atoms with Crippen molar-refractivity contribution in [2.24, 2.45) is 5.92 Å². The van der Waals surface area contributed by atoms with Crippen molar-refractivity contribution in [1.29, 1.82) is 0 Å². The summed E-state index contributed by atoms with van der Waals surface area (Å²) in [5.74, 6) is 2.36. The Balaban J connectivity index is 1.49. The molecule has 0 bridgehead atoms. The lowest BCUT2D eigenvalue weighted by Gasteiger charge is -2.33. The summed E-state index contributed by atoms with van der Waals surface area (Å²) < 4.78 is 0. The molecule has 1 aliphatic carbocycles. The first kappa shape index (κ1) is 13.7. The lowest BCUT2D eigenvalue weighted by atomic mass is 10.1. The molecule has 0 aromatic heterocycles. The fourth-order valence-electron chi connectivity index (χ4n) is 2.79. The summed E-state index contributed by atoms with van der Waals surface area (Å²) in [6.45, 7) is 5.14. The molecular formula is C14H28N2S. The third kappa shape index (κ3) is 5.19. The molecule has 1 saturated heterocycles. The smallest absolute Gasteiger partial charge is 0.0223 e. The minimum absolute atomic E-state index is 0.820. The molecule has 0 amide bonds. The summed E-state index contributed by atoms with van der Waals surface area (Å²) in [5, 5.41) is 3.68. The van der Waals surface area contributed by atoms with Crippen LogP contribution in [-0.2, 0) is 0 Å². The molecule has 1 aliphatic heterocycles. The number of hydrogen-bond acceptors (Lipinski definition) is 3. The van der Waals surface area contributed by atoms with Crippen LogP contribution in [0.3, 0.4) is 0 Å². The van der Waals surface area contributed by atoms with Gasteiger partial charge in [0.05, 0.1) is 0 Å². The van der Waals surface area contributed by atoms with Gasteiger partial charge in [-0.1, -0.05) is 12.8 Å². The zero-order chi connectivity index (χ0) is 11.9. The second-order valence-electron chi connectivity index (χ2n) is 5.61. The van der Waals surface area contributed by atoms with E-state index in [0.29, 0.717) is 0 Å². The van der Waals surface area contributed by atoms with Crippen LogP contribution < -0.4 is 5.32 Å². The second-order valence-corrected chi connectivity index (χ2v) is 6.59. The number of unbranched alkanes of at least 4 members (excludes halogenated alkanes) is 3. The lowest BCUT2D eigenvalue weighted by Crippen LogP contribution is -2.51. The first-order valence-corrected chi connectivity index (χ1v) is 8.74. The summed E-state index contributed by atoms with van der Waals surface area (Å²) in [7, 11) is 0. The van der Waals surface area contributed by atoms with Crippen molar-refractivity contribution in [2.75, 3.05) is 38.2 Å². The van der Waals surface area contributed by atoms with Crippen molar-refractivity contribution < 1.29 is 0 Å². The number of nitrogens with one attached hydrogen (secondary N) is 1. The van der Waals surface area contributed by atoms with Gasteiger partial charge in [-0.2, -0.15) is 11.8 Å². The average Bonchev–Trinajstić information content (AvgIpc) is 3.18. The molecule has 2 aliphatic rings. The summed E-state index contributed by atoms with van der Waals surface area (Å²) in [5.41, 5.74) is 0. The fourth-order valence-corrected chi connectivity index (χ4v) is 3.29. The van der Waals surface area contributed by atoms with Crippen molar-refractivity contribution in [3.63, 3.8) is 0 Å². The van der Waals surface area contributed by atoms with Gasteiger partial charge in [-0.05, 0) is 50.2 Å². The highest BCUT2D eigenvalue weighted by Crippen LogP contribution is 2.33. The van der Waals surface area contributed by atoms with Crippen molar-refractivity contribution >= 4 is 11.8 Å². The monoisotopic (exact) mass is 256 g/mol. The molecule has 1 N–H and O–H groups in total. The molecule has 1 unspecified atom stereocenters. The maximum Gasteiger partial charge on any atom is 0.0223 e. The Kier molecular flexibility index (Phi) is 6.16. The van der Waals surface area contributed by atoms with Crippen LogP contribution in [0.2, 0.25) is 0 Å². The van der Waals surface area contributed by atoms with E-state index in [4.69, 9.17) is 0 Å². The van der Waals surface area contributed by atoms with Crippen molar-refractivity contribution in [3.8, 4) is 0 Å². The number of nitrogens with zero attached hydrogens (tertiary/aromatic N) is 1. The van der Waals surface area contributed by atoms with Gasteiger partial charge in [-0.25, -0.2) is 0 Å². The van der Waals surface area contributed by atoms with E-state index >= 15 is 0 Å². The maximum atomic E-state index is 3.68. The Morgan fingerprint density at radius 3 is 2.76 bits per heavy atom. The molecule has 17 heavy (non-hydrogen) atoms. The highest BCUT2D eigenvalue weighted by Gasteiger charge is 2.33. The zero-order valence-corrected chi connectivity index (χ0v) is 12.1. The van der Waals surface area contributed by atoms with Crippen LogP contribution in [-0.4, -0.2) is 49.1 Å². The van der Waals surface area contributed by atoms with Gasteiger partial charge in [0.15, 0.2) is 0 Å². The van der Waals surface area contributed by atoms with E-state index in [-0.39, 0.29) is 0 Å². The minimum Gasteiger partial charge on any atom is -0.311 e. The topological polar surface area (TPSA) is 15.3 Å². The Hall–Kier alpha value is 0.270. The van der Waals surface area contributed by atoms with E-state index in [2.05, 4.69) is 16.5 Å². The Morgan fingerprint density at radius 2 is 2.00 bits per heavy atom. The van der Waals surface area contributed by atoms with Gasteiger partial charge in [0.1, 0.15) is 0 Å². The molecule has 1 saturated carbocycles. The summed E-state index contributed by atoms with van der Waals surface area (Å²) in [6.07, 6.45) is 10.8. The third-order valence-corrected chi connectivity index (χ3v) is 4.75. The van der Waals surface area contributed by atoms with E-state index in [1.165, 1.54) is 70.5 Å². The predicted octanol–water partition coefficient (Wildman–Crippen LogP) is 2.59.